The van der Waals surface area contributed by atoms with Crippen LogP contribution in [0, 0.1) is 0 Å². The first kappa shape index (κ1) is 15.0. The number of rotatable bonds is 7. The molecule has 0 saturated carbocycles. The summed E-state index contributed by atoms with van der Waals surface area (Å²) in [5, 5.41) is 5.24. The van der Waals surface area contributed by atoms with Gasteiger partial charge >= 0.3 is 0 Å². The fourth-order valence-corrected chi connectivity index (χ4v) is 5.10. The maximum Gasteiger partial charge on any atom is 0.214 e. The third-order valence-corrected chi connectivity index (χ3v) is 6.28. The predicted molar refractivity (Wildman–Crippen MR) is 80.1 cm³/mol. The van der Waals surface area contributed by atoms with Crippen molar-refractivity contribution in [2.75, 3.05) is 25.4 Å². The van der Waals surface area contributed by atoms with Gasteiger partial charge in [-0.1, -0.05) is 13.0 Å². The Labute approximate surface area is 119 Å². The lowest BCUT2D eigenvalue weighted by atomic mass is 10.2. The van der Waals surface area contributed by atoms with Gasteiger partial charge in [0.05, 0.1) is 5.75 Å². The second-order valence-electron chi connectivity index (χ2n) is 4.90. The van der Waals surface area contributed by atoms with Crippen LogP contribution in [0.2, 0.25) is 0 Å². The van der Waals surface area contributed by atoms with Crippen molar-refractivity contribution in [3.8, 4) is 0 Å². The maximum absolute atomic E-state index is 12.5. The number of nitrogens with one attached hydrogen (secondary N) is 1. The summed E-state index contributed by atoms with van der Waals surface area (Å²) in [4.78, 5) is 1.14. The Morgan fingerprint density at radius 2 is 2.37 bits per heavy atom. The van der Waals surface area contributed by atoms with E-state index in [-0.39, 0.29) is 11.8 Å². The molecule has 1 atom stereocenters. The Kier molecular flexibility index (Phi) is 5.38. The van der Waals surface area contributed by atoms with Crippen LogP contribution in [-0.4, -0.2) is 44.2 Å². The Bertz CT molecular complexity index is 465. The Morgan fingerprint density at radius 3 is 2.95 bits per heavy atom. The summed E-state index contributed by atoms with van der Waals surface area (Å²) >= 11 is 1.63. The lowest BCUT2D eigenvalue weighted by molar-refractivity contribution is 0.335. The van der Waals surface area contributed by atoms with Crippen molar-refractivity contribution in [2.24, 2.45) is 0 Å². The second-order valence-corrected chi connectivity index (χ2v) is 7.98. The molecule has 1 aromatic rings. The van der Waals surface area contributed by atoms with Gasteiger partial charge in [0.25, 0.3) is 0 Å². The lowest BCUT2D eigenvalue weighted by Gasteiger charge is -2.27. The van der Waals surface area contributed by atoms with Crippen molar-refractivity contribution >= 4 is 21.4 Å². The molecule has 1 N–H and O–H groups in total. The number of aryl methyl sites for hydroxylation is 1. The molecule has 1 aliphatic rings. The molecule has 1 fully saturated rings. The molecular formula is C13H22N2O2S2. The van der Waals surface area contributed by atoms with Crippen molar-refractivity contribution in [2.45, 2.75) is 32.2 Å². The highest BCUT2D eigenvalue weighted by molar-refractivity contribution is 7.89. The highest BCUT2D eigenvalue weighted by Crippen LogP contribution is 2.17. The molecule has 1 aromatic heterocycles. The molecular weight excluding hydrogens is 280 g/mol. The fourth-order valence-electron chi connectivity index (χ4n) is 2.46. The zero-order chi connectivity index (χ0) is 13.7. The fraction of sp³-hybridized carbons (Fsp3) is 0.692. The van der Waals surface area contributed by atoms with E-state index in [1.165, 1.54) is 0 Å². The van der Waals surface area contributed by atoms with Crippen molar-refractivity contribution in [3.63, 3.8) is 0 Å². The van der Waals surface area contributed by atoms with Crippen molar-refractivity contribution in [1.29, 1.82) is 0 Å². The number of hydrogen-bond donors (Lipinski definition) is 1. The summed E-state index contributed by atoms with van der Waals surface area (Å²) in [6.07, 6.45) is 2.42. The van der Waals surface area contributed by atoms with Gasteiger partial charge in [-0.05, 0) is 37.3 Å². The molecule has 0 aromatic carbocycles. The third kappa shape index (κ3) is 4.02. The molecule has 108 valence electrons. The van der Waals surface area contributed by atoms with Crippen LogP contribution in [0.1, 0.15) is 24.6 Å². The summed E-state index contributed by atoms with van der Waals surface area (Å²) < 4.78 is 26.7. The van der Waals surface area contributed by atoms with Crippen LogP contribution < -0.4 is 5.32 Å². The highest BCUT2D eigenvalue weighted by atomic mass is 32.2. The van der Waals surface area contributed by atoms with Gasteiger partial charge in [-0.3, -0.25) is 0 Å². The van der Waals surface area contributed by atoms with E-state index in [1.807, 2.05) is 24.4 Å². The van der Waals surface area contributed by atoms with Crippen LogP contribution in [0.25, 0.3) is 0 Å². The van der Waals surface area contributed by atoms with Crippen molar-refractivity contribution < 1.29 is 8.42 Å². The third-order valence-electron chi connectivity index (χ3n) is 3.43. The Morgan fingerprint density at radius 1 is 1.53 bits per heavy atom. The van der Waals surface area contributed by atoms with Gasteiger partial charge in [-0.2, -0.15) is 4.31 Å². The van der Waals surface area contributed by atoms with E-state index < -0.39 is 10.0 Å². The SMILES string of the molecule is CCCN(C1CCNC1)S(=O)(=O)CCc1cccs1. The normalized spacial score (nSPS) is 20.2. The molecule has 1 unspecified atom stereocenters. The van der Waals surface area contributed by atoms with Crippen molar-refractivity contribution in [1.82, 2.24) is 9.62 Å². The minimum absolute atomic E-state index is 0.147. The summed E-state index contributed by atoms with van der Waals surface area (Å²) in [6.45, 7) is 4.38. The van der Waals surface area contributed by atoms with Crippen LogP contribution >= 0.6 is 11.3 Å². The first-order valence-electron chi connectivity index (χ1n) is 6.86. The standard InChI is InChI=1S/C13H22N2O2S2/c1-2-8-15(12-5-7-14-11-12)19(16,17)10-6-13-4-3-9-18-13/h3-4,9,12,14H,2,5-8,10-11H2,1H3. The van der Waals surface area contributed by atoms with Crippen LogP contribution in [0.3, 0.4) is 0 Å². The lowest BCUT2D eigenvalue weighted by Crippen LogP contribution is -2.43. The van der Waals surface area contributed by atoms with E-state index >= 15 is 0 Å². The number of thiophene rings is 1. The monoisotopic (exact) mass is 302 g/mol. The van der Waals surface area contributed by atoms with Crippen LogP contribution in [0.4, 0.5) is 0 Å². The smallest absolute Gasteiger partial charge is 0.214 e. The molecule has 6 heteroatoms. The van der Waals surface area contributed by atoms with E-state index in [0.717, 1.165) is 30.8 Å². The molecule has 2 rings (SSSR count). The van der Waals surface area contributed by atoms with Crippen molar-refractivity contribution in [3.05, 3.63) is 22.4 Å². The van der Waals surface area contributed by atoms with Crippen LogP contribution in [-0.2, 0) is 16.4 Å². The first-order chi connectivity index (χ1) is 9.13. The molecule has 0 spiro atoms. The molecule has 19 heavy (non-hydrogen) atoms. The molecule has 1 saturated heterocycles. The van der Waals surface area contributed by atoms with Gasteiger partial charge < -0.3 is 5.32 Å². The topological polar surface area (TPSA) is 49.4 Å². The average Bonchev–Trinajstić information content (AvgIpc) is 3.06. The molecule has 0 amide bonds. The van der Waals surface area contributed by atoms with Gasteiger partial charge in [-0.15, -0.1) is 11.3 Å². The van der Waals surface area contributed by atoms with Gasteiger partial charge in [0.1, 0.15) is 0 Å². The average molecular weight is 302 g/mol. The first-order valence-corrected chi connectivity index (χ1v) is 9.35. The maximum atomic E-state index is 12.5. The van der Waals surface area contributed by atoms with E-state index in [9.17, 15) is 8.42 Å². The summed E-state index contributed by atoms with van der Waals surface area (Å²) in [6, 6.07) is 4.12. The van der Waals surface area contributed by atoms with E-state index in [2.05, 4.69) is 5.32 Å². The zero-order valence-corrected chi connectivity index (χ0v) is 13.0. The number of hydrogen-bond acceptors (Lipinski definition) is 4. The largest absolute Gasteiger partial charge is 0.315 e. The van der Waals surface area contributed by atoms with Crippen LogP contribution in [0.5, 0.6) is 0 Å². The van der Waals surface area contributed by atoms with Gasteiger partial charge in [0.2, 0.25) is 10.0 Å². The summed E-state index contributed by atoms with van der Waals surface area (Å²) in [7, 11) is -3.14. The molecule has 4 nitrogen and oxygen atoms in total. The second kappa shape index (κ2) is 6.83. The van der Waals surface area contributed by atoms with E-state index in [0.29, 0.717) is 13.0 Å². The quantitative estimate of drug-likeness (QED) is 0.834. The molecule has 1 aliphatic heterocycles. The summed E-state index contributed by atoms with van der Waals surface area (Å²) in [5.74, 6) is 0.226. The summed E-state index contributed by atoms with van der Waals surface area (Å²) in [5.41, 5.74) is 0. The molecule has 0 radical (unpaired) electrons. The molecule has 0 bridgehead atoms. The van der Waals surface area contributed by atoms with E-state index in [4.69, 9.17) is 0 Å². The van der Waals surface area contributed by atoms with E-state index in [1.54, 1.807) is 15.6 Å². The van der Waals surface area contributed by atoms with Gasteiger partial charge in [0, 0.05) is 24.0 Å². The Hall–Kier alpha value is -0.430. The highest BCUT2D eigenvalue weighted by Gasteiger charge is 2.30. The predicted octanol–water partition coefficient (Wildman–Crippen LogP) is 1.69. The molecule has 0 aliphatic carbocycles. The zero-order valence-electron chi connectivity index (χ0n) is 11.3. The number of sulfonamides is 1. The Balaban J connectivity index is 2.01. The van der Waals surface area contributed by atoms with Gasteiger partial charge in [-0.25, -0.2) is 8.42 Å². The van der Waals surface area contributed by atoms with Gasteiger partial charge in [0.15, 0.2) is 0 Å². The minimum atomic E-state index is -3.14. The minimum Gasteiger partial charge on any atom is -0.315 e. The molecule has 2 heterocycles. The number of nitrogens with zero attached hydrogens (tertiary/aromatic N) is 1. The van der Waals surface area contributed by atoms with Crippen LogP contribution in [0.15, 0.2) is 17.5 Å².